The summed E-state index contributed by atoms with van der Waals surface area (Å²) in [7, 11) is 0. The Bertz CT molecular complexity index is 575. The van der Waals surface area contributed by atoms with Crippen molar-refractivity contribution in [2.24, 2.45) is 0 Å². The molecule has 92 valence electrons. The van der Waals surface area contributed by atoms with Gasteiger partial charge in [-0.25, -0.2) is 4.98 Å². The van der Waals surface area contributed by atoms with Crippen LogP contribution in [0, 0.1) is 10.1 Å². The molecule has 0 aliphatic carbocycles. The molecule has 0 saturated heterocycles. The first-order chi connectivity index (χ1) is 8.66. The van der Waals surface area contributed by atoms with Gasteiger partial charge in [-0.1, -0.05) is 23.7 Å². The summed E-state index contributed by atoms with van der Waals surface area (Å²) in [6.45, 7) is 0.201. The van der Waals surface area contributed by atoms with Crippen LogP contribution < -0.4 is 4.74 Å². The van der Waals surface area contributed by atoms with Crippen molar-refractivity contribution in [3.8, 4) is 5.75 Å². The van der Waals surface area contributed by atoms with Gasteiger partial charge in [0.2, 0.25) is 0 Å². The molecule has 0 fully saturated rings. The van der Waals surface area contributed by atoms with E-state index >= 15 is 0 Å². The van der Waals surface area contributed by atoms with Gasteiger partial charge in [0.25, 0.3) is 5.69 Å². The van der Waals surface area contributed by atoms with Gasteiger partial charge in [0, 0.05) is 18.3 Å². The maximum atomic E-state index is 10.6. The second kappa shape index (κ2) is 5.46. The third-order valence-electron chi connectivity index (χ3n) is 2.24. The van der Waals surface area contributed by atoms with Crippen LogP contribution in [0.5, 0.6) is 5.75 Å². The molecule has 5 nitrogen and oxygen atoms in total. The number of nitrogens with zero attached hydrogens (tertiary/aromatic N) is 2. The Hall–Kier alpha value is -2.14. The number of nitro groups is 1. The molecule has 1 aromatic heterocycles. The third kappa shape index (κ3) is 2.95. The van der Waals surface area contributed by atoms with Crippen molar-refractivity contribution in [2.45, 2.75) is 6.61 Å². The van der Waals surface area contributed by atoms with Crippen LogP contribution in [0.4, 0.5) is 5.69 Å². The first-order valence-corrected chi connectivity index (χ1v) is 5.51. The second-order valence-corrected chi connectivity index (χ2v) is 3.87. The van der Waals surface area contributed by atoms with Crippen molar-refractivity contribution >= 4 is 17.3 Å². The maximum Gasteiger partial charge on any atom is 0.269 e. The fourth-order valence-electron chi connectivity index (χ4n) is 1.40. The SMILES string of the molecule is O=[N+]([O-])c1cccc(COc2cccnc2Cl)c1. The van der Waals surface area contributed by atoms with Crippen molar-refractivity contribution in [2.75, 3.05) is 0 Å². The minimum atomic E-state index is -0.444. The lowest BCUT2D eigenvalue weighted by Crippen LogP contribution is -1.97. The molecule has 18 heavy (non-hydrogen) atoms. The number of hydrogen-bond donors (Lipinski definition) is 0. The van der Waals surface area contributed by atoms with Gasteiger partial charge in [-0.3, -0.25) is 10.1 Å². The first kappa shape index (κ1) is 12.3. The highest BCUT2D eigenvalue weighted by molar-refractivity contribution is 6.30. The van der Waals surface area contributed by atoms with Gasteiger partial charge in [0.05, 0.1) is 4.92 Å². The van der Waals surface area contributed by atoms with Crippen LogP contribution >= 0.6 is 11.6 Å². The van der Waals surface area contributed by atoms with E-state index in [-0.39, 0.29) is 17.4 Å². The van der Waals surface area contributed by atoms with Gasteiger partial charge in [-0.15, -0.1) is 0 Å². The number of pyridine rings is 1. The van der Waals surface area contributed by atoms with Crippen molar-refractivity contribution in [1.82, 2.24) is 4.98 Å². The summed E-state index contributed by atoms with van der Waals surface area (Å²) in [5, 5.41) is 10.9. The molecule has 6 heteroatoms. The molecule has 0 aliphatic heterocycles. The van der Waals surface area contributed by atoms with E-state index in [2.05, 4.69) is 4.98 Å². The summed E-state index contributed by atoms with van der Waals surface area (Å²) < 4.78 is 5.44. The summed E-state index contributed by atoms with van der Waals surface area (Å²) in [4.78, 5) is 14.0. The minimum Gasteiger partial charge on any atom is -0.486 e. The van der Waals surface area contributed by atoms with E-state index in [0.29, 0.717) is 11.3 Å². The Kier molecular flexibility index (Phi) is 3.74. The summed E-state index contributed by atoms with van der Waals surface area (Å²) in [6.07, 6.45) is 1.56. The molecule has 0 spiro atoms. The molecule has 2 aromatic rings. The molecule has 0 radical (unpaired) electrons. The van der Waals surface area contributed by atoms with E-state index < -0.39 is 4.92 Å². The van der Waals surface area contributed by atoms with Crippen molar-refractivity contribution in [1.29, 1.82) is 0 Å². The predicted molar refractivity (Wildman–Crippen MR) is 66.7 cm³/mol. The fraction of sp³-hybridized carbons (Fsp3) is 0.0833. The van der Waals surface area contributed by atoms with Gasteiger partial charge in [0.15, 0.2) is 10.9 Å². The first-order valence-electron chi connectivity index (χ1n) is 5.13. The molecule has 1 aromatic carbocycles. The third-order valence-corrected chi connectivity index (χ3v) is 2.52. The lowest BCUT2D eigenvalue weighted by Gasteiger charge is -2.06. The molecule has 0 unspecified atom stereocenters. The smallest absolute Gasteiger partial charge is 0.269 e. The minimum absolute atomic E-state index is 0.0355. The van der Waals surface area contributed by atoms with Crippen LogP contribution in [0.25, 0.3) is 0 Å². The zero-order valence-electron chi connectivity index (χ0n) is 9.25. The van der Waals surface area contributed by atoms with Crippen LogP contribution in [0.2, 0.25) is 5.15 Å². The number of ether oxygens (including phenoxy) is 1. The van der Waals surface area contributed by atoms with Gasteiger partial charge >= 0.3 is 0 Å². The average Bonchev–Trinajstić information content (AvgIpc) is 2.38. The molecule has 0 bridgehead atoms. The normalized spacial score (nSPS) is 10.1. The number of halogens is 1. The van der Waals surface area contributed by atoms with Gasteiger partial charge < -0.3 is 4.74 Å². The Labute approximate surface area is 108 Å². The maximum absolute atomic E-state index is 10.6. The lowest BCUT2D eigenvalue weighted by molar-refractivity contribution is -0.384. The highest BCUT2D eigenvalue weighted by atomic mass is 35.5. The van der Waals surface area contributed by atoms with Gasteiger partial charge in [0.1, 0.15) is 6.61 Å². The molecular weight excluding hydrogens is 256 g/mol. The van der Waals surface area contributed by atoms with E-state index in [1.165, 1.54) is 12.1 Å². The van der Waals surface area contributed by atoms with Crippen LogP contribution in [-0.2, 0) is 6.61 Å². The molecule has 0 N–H and O–H groups in total. The molecule has 0 amide bonds. The van der Waals surface area contributed by atoms with Crippen LogP contribution in [0.1, 0.15) is 5.56 Å². The quantitative estimate of drug-likeness (QED) is 0.483. The Balaban J connectivity index is 2.09. The monoisotopic (exact) mass is 264 g/mol. The number of nitro benzene ring substituents is 1. The summed E-state index contributed by atoms with van der Waals surface area (Å²) in [5.74, 6) is 0.450. The Morgan fingerprint density at radius 3 is 2.89 bits per heavy atom. The zero-order chi connectivity index (χ0) is 13.0. The lowest BCUT2D eigenvalue weighted by atomic mass is 10.2. The predicted octanol–water partition coefficient (Wildman–Crippen LogP) is 3.22. The molecule has 0 saturated carbocycles. The Morgan fingerprint density at radius 1 is 1.33 bits per heavy atom. The summed E-state index contributed by atoms with van der Waals surface area (Å²) >= 11 is 5.83. The number of non-ortho nitro benzene ring substituents is 1. The van der Waals surface area contributed by atoms with E-state index in [1.54, 1.807) is 30.5 Å². The number of rotatable bonds is 4. The van der Waals surface area contributed by atoms with Crippen molar-refractivity contribution in [3.63, 3.8) is 0 Å². The van der Waals surface area contributed by atoms with E-state index in [0.717, 1.165) is 0 Å². The topological polar surface area (TPSA) is 65.3 Å². The van der Waals surface area contributed by atoms with Crippen molar-refractivity contribution in [3.05, 3.63) is 63.4 Å². The molecule has 0 aliphatic rings. The highest BCUT2D eigenvalue weighted by Crippen LogP contribution is 2.22. The highest BCUT2D eigenvalue weighted by Gasteiger charge is 2.07. The zero-order valence-corrected chi connectivity index (χ0v) is 10.0. The number of hydrogen-bond acceptors (Lipinski definition) is 4. The molecule has 2 rings (SSSR count). The molecular formula is C12H9ClN2O3. The van der Waals surface area contributed by atoms with Crippen molar-refractivity contribution < 1.29 is 9.66 Å². The van der Waals surface area contributed by atoms with E-state index in [9.17, 15) is 10.1 Å². The van der Waals surface area contributed by atoms with Crippen LogP contribution in [-0.4, -0.2) is 9.91 Å². The standard InChI is InChI=1S/C12H9ClN2O3/c13-12-11(5-2-6-14-12)18-8-9-3-1-4-10(7-9)15(16)17/h1-7H,8H2. The molecule has 1 heterocycles. The van der Waals surface area contributed by atoms with Gasteiger partial charge in [-0.05, 0) is 17.7 Å². The second-order valence-electron chi connectivity index (χ2n) is 3.51. The number of benzene rings is 1. The summed E-state index contributed by atoms with van der Waals surface area (Å²) in [6, 6.07) is 9.64. The van der Waals surface area contributed by atoms with Gasteiger partial charge in [-0.2, -0.15) is 0 Å². The number of aromatic nitrogens is 1. The van der Waals surface area contributed by atoms with Crippen LogP contribution in [0.3, 0.4) is 0 Å². The van der Waals surface area contributed by atoms with E-state index in [1.807, 2.05) is 0 Å². The van der Waals surface area contributed by atoms with E-state index in [4.69, 9.17) is 16.3 Å². The molecule has 0 atom stereocenters. The fourth-order valence-corrected chi connectivity index (χ4v) is 1.57. The summed E-state index contributed by atoms with van der Waals surface area (Å²) in [5.41, 5.74) is 0.734. The van der Waals surface area contributed by atoms with Crippen LogP contribution in [0.15, 0.2) is 42.6 Å². The average molecular weight is 265 g/mol. The Morgan fingerprint density at radius 2 is 2.17 bits per heavy atom. The largest absolute Gasteiger partial charge is 0.486 e.